The third-order valence-electron chi connectivity index (χ3n) is 5.13. The highest BCUT2D eigenvalue weighted by Gasteiger charge is 2.27. The van der Waals surface area contributed by atoms with Crippen molar-refractivity contribution in [3.05, 3.63) is 35.4 Å². The summed E-state index contributed by atoms with van der Waals surface area (Å²) in [6, 6.07) is 8.43. The van der Waals surface area contributed by atoms with Crippen LogP contribution in [0.3, 0.4) is 0 Å². The van der Waals surface area contributed by atoms with Gasteiger partial charge in [-0.25, -0.2) is 0 Å². The molecule has 3 unspecified atom stereocenters. The molecule has 0 radical (unpaired) electrons. The second-order valence-electron chi connectivity index (χ2n) is 6.57. The van der Waals surface area contributed by atoms with Gasteiger partial charge in [-0.3, -0.25) is 4.79 Å². The van der Waals surface area contributed by atoms with Gasteiger partial charge in [-0.15, -0.1) is 0 Å². The van der Waals surface area contributed by atoms with Crippen LogP contribution in [0.25, 0.3) is 0 Å². The molecule has 0 saturated heterocycles. The molecule has 0 spiro atoms. The Balaban J connectivity index is 1.52. The summed E-state index contributed by atoms with van der Waals surface area (Å²) in [6.45, 7) is 0.637. The molecule has 3 heteroatoms. The quantitative estimate of drug-likeness (QED) is 0.897. The lowest BCUT2D eigenvalue weighted by molar-refractivity contribution is -0.125. The van der Waals surface area contributed by atoms with Crippen molar-refractivity contribution in [3.8, 4) is 0 Å². The van der Waals surface area contributed by atoms with Crippen LogP contribution >= 0.6 is 0 Å². The molecule has 0 aromatic heterocycles. The Bertz CT molecular complexity index is 500. The molecular weight excluding hydrogens is 262 g/mol. The summed E-state index contributed by atoms with van der Waals surface area (Å²) in [7, 11) is 0. The molecule has 3 nitrogen and oxygen atoms in total. The molecule has 1 fully saturated rings. The van der Waals surface area contributed by atoms with Gasteiger partial charge in [0.2, 0.25) is 5.91 Å². The summed E-state index contributed by atoms with van der Waals surface area (Å²) in [4.78, 5) is 12.4. The first kappa shape index (κ1) is 14.6. The number of nitrogens with one attached hydrogen (secondary N) is 1. The van der Waals surface area contributed by atoms with Gasteiger partial charge < -0.3 is 10.4 Å². The normalized spacial score (nSPS) is 28.7. The van der Waals surface area contributed by atoms with Crippen molar-refractivity contribution in [1.29, 1.82) is 0 Å². The number of aliphatic hydroxyl groups excluding tert-OH is 1. The van der Waals surface area contributed by atoms with Crippen LogP contribution in [0, 0.1) is 11.8 Å². The third kappa shape index (κ3) is 3.46. The fourth-order valence-corrected chi connectivity index (χ4v) is 3.72. The van der Waals surface area contributed by atoms with Gasteiger partial charge in [-0.05, 0) is 43.2 Å². The molecular formula is C18H25NO2. The molecule has 1 saturated carbocycles. The van der Waals surface area contributed by atoms with E-state index in [2.05, 4.69) is 29.6 Å². The van der Waals surface area contributed by atoms with Crippen LogP contribution in [0.4, 0.5) is 0 Å². The van der Waals surface area contributed by atoms with E-state index >= 15 is 0 Å². The van der Waals surface area contributed by atoms with Crippen molar-refractivity contribution < 1.29 is 9.90 Å². The van der Waals surface area contributed by atoms with Gasteiger partial charge in [-0.2, -0.15) is 0 Å². The van der Waals surface area contributed by atoms with Crippen LogP contribution in [0.1, 0.15) is 43.2 Å². The van der Waals surface area contributed by atoms with Crippen molar-refractivity contribution in [2.45, 2.75) is 51.0 Å². The molecule has 3 rings (SSSR count). The molecule has 21 heavy (non-hydrogen) atoms. The number of aliphatic hydroxyl groups is 1. The Labute approximate surface area is 126 Å². The fourth-order valence-electron chi connectivity index (χ4n) is 3.72. The lowest BCUT2D eigenvalue weighted by atomic mass is 9.83. The van der Waals surface area contributed by atoms with E-state index in [-0.39, 0.29) is 23.8 Å². The standard InChI is InChI=1S/C18H25NO2/c20-17-8-4-3-7-16(17)12-19-18(21)15-10-9-13-5-1-2-6-14(13)11-15/h1-2,5-6,15-17,20H,3-4,7-12H2,(H,19,21). The van der Waals surface area contributed by atoms with Crippen LogP contribution in [0.15, 0.2) is 24.3 Å². The number of benzene rings is 1. The Hall–Kier alpha value is -1.35. The fraction of sp³-hybridized carbons (Fsp3) is 0.611. The molecule has 0 bridgehead atoms. The van der Waals surface area contributed by atoms with E-state index in [1.54, 1.807) is 0 Å². The van der Waals surface area contributed by atoms with Crippen LogP contribution in [-0.4, -0.2) is 23.7 Å². The van der Waals surface area contributed by atoms with Gasteiger partial charge in [0.1, 0.15) is 0 Å². The van der Waals surface area contributed by atoms with Crippen molar-refractivity contribution in [3.63, 3.8) is 0 Å². The van der Waals surface area contributed by atoms with Crippen LogP contribution in [-0.2, 0) is 17.6 Å². The summed E-state index contributed by atoms with van der Waals surface area (Å²) in [6.07, 6.45) is 6.78. The van der Waals surface area contributed by atoms with Crippen molar-refractivity contribution in [1.82, 2.24) is 5.32 Å². The first-order chi connectivity index (χ1) is 10.2. The zero-order valence-corrected chi connectivity index (χ0v) is 12.6. The topological polar surface area (TPSA) is 49.3 Å². The van der Waals surface area contributed by atoms with Gasteiger partial charge in [0.15, 0.2) is 0 Å². The van der Waals surface area contributed by atoms with E-state index in [9.17, 15) is 9.90 Å². The predicted octanol–water partition coefficient (Wildman–Crippen LogP) is 2.46. The largest absolute Gasteiger partial charge is 0.393 e. The number of hydrogen-bond acceptors (Lipinski definition) is 2. The summed E-state index contributed by atoms with van der Waals surface area (Å²) in [5, 5.41) is 13.1. The molecule has 2 N–H and O–H groups in total. The minimum Gasteiger partial charge on any atom is -0.393 e. The molecule has 114 valence electrons. The molecule has 1 amide bonds. The molecule has 0 heterocycles. The Morgan fingerprint density at radius 1 is 1.14 bits per heavy atom. The van der Waals surface area contributed by atoms with Crippen LogP contribution in [0.2, 0.25) is 0 Å². The molecule has 0 aliphatic heterocycles. The van der Waals surface area contributed by atoms with Crippen LogP contribution < -0.4 is 5.32 Å². The van der Waals surface area contributed by atoms with E-state index in [0.717, 1.165) is 38.5 Å². The van der Waals surface area contributed by atoms with Gasteiger partial charge >= 0.3 is 0 Å². The number of fused-ring (bicyclic) bond motifs is 1. The monoisotopic (exact) mass is 287 g/mol. The first-order valence-corrected chi connectivity index (χ1v) is 8.26. The molecule has 1 aromatic carbocycles. The average Bonchev–Trinajstić information content (AvgIpc) is 2.53. The molecule has 3 atom stereocenters. The lowest BCUT2D eigenvalue weighted by Crippen LogP contribution is -2.40. The Kier molecular flexibility index (Phi) is 4.59. The van der Waals surface area contributed by atoms with Gasteiger partial charge in [-0.1, -0.05) is 37.1 Å². The Morgan fingerprint density at radius 2 is 1.90 bits per heavy atom. The van der Waals surface area contributed by atoms with Gasteiger partial charge in [0.25, 0.3) is 0 Å². The second-order valence-corrected chi connectivity index (χ2v) is 6.57. The maximum Gasteiger partial charge on any atom is 0.223 e. The Morgan fingerprint density at radius 3 is 2.71 bits per heavy atom. The smallest absolute Gasteiger partial charge is 0.223 e. The molecule has 2 aliphatic carbocycles. The highest BCUT2D eigenvalue weighted by molar-refractivity contribution is 5.79. The first-order valence-electron chi connectivity index (χ1n) is 8.26. The summed E-state index contributed by atoms with van der Waals surface area (Å²) < 4.78 is 0. The SMILES string of the molecule is O=C(NCC1CCCCC1O)C1CCc2ccccc2C1. The van der Waals surface area contributed by atoms with Crippen molar-refractivity contribution in [2.75, 3.05) is 6.54 Å². The lowest BCUT2D eigenvalue weighted by Gasteiger charge is -2.29. The predicted molar refractivity (Wildman–Crippen MR) is 82.9 cm³/mol. The van der Waals surface area contributed by atoms with Crippen LogP contribution in [0.5, 0.6) is 0 Å². The zero-order valence-electron chi connectivity index (χ0n) is 12.6. The number of hydrogen-bond donors (Lipinski definition) is 2. The number of amides is 1. The summed E-state index contributed by atoms with van der Waals surface area (Å²) in [5.74, 6) is 0.515. The van der Waals surface area contributed by atoms with E-state index in [1.807, 2.05) is 0 Å². The maximum absolute atomic E-state index is 12.4. The van der Waals surface area contributed by atoms with Crippen molar-refractivity contribution >= 4 is 5.91 Å². The average molecular weight is 287 g/mol. The maximum atomic E-state index is 12.4. The zero-order chi connectivity index (χ0) is 14.7. The number of carbonyl (C=O) groups is 1. The minimum absolute atomic E-state index is 0.0978. The van der Waals surface area contributed by atoms with E-state index in [1.165, 1.54) is 17.5 Å². The van der Waals surface area contributed by atoms with Crippen molar-refractivity contribution in [2.24, 2.45) is 11.8 Å². The highest BCUT2D eigenvalue weighted by atomic mass is 16.3. The number of carbonyl (C=O) groups excluding carboxylic acids is 1. The number of rotatable bonds is 3. The summed E-state index contributed by atoms with van der Waals surface area (Å²) >= 11 is 0. The highest BCUT2D eigenvalue weighted by Crippen LogP contribution is 2.26. The van der Waals surface area contributed by atoms with Gasteiger partial charge in [0.05, 0.1) is 6.10 Å². The molecule has 2 aliphatic rings. The van der Waals surface area contributed by atoms with Gasteiger partial charge in [0, 0.05) is 18.4 Å². The van der Waals surface area contributed by atoms with E-state index < -0.39 is 0 Å². The second kappa shape index (κ2) is 6.61. The van der Waals surface area contributed by atoms with E-state index in [4.69, 9.17) is 0 Å². The third-order valence-corrected chi connectivity index (χ3v) is 5.13. The minimum atomic E-state index is -0.230. The molecule has 1 aromatic rings. The number of aryl methyl sites for hydroxylation is 1. The van der Waals surface area contributed by atoms with E-state index in [0.29, 0.717) is 6.54 Å². The summed E-state index contributed by atoms with van der Waals surface area (Å²) in [5.41, 5.74) is 2.71.